The van der Waals surface area contributed by atoms with Gasteiger partial charge in [-0.3, -0.25) is 9.69 Å². The largest absolute Gasteiger partial charge is 0.340 e. The minimum absolute atomic E-state index is 0.264. The second kappa shape index (κ2) is 7.96. The van der Waals surface area contributed by atoms with Crippen LogP contribution in [0.4, 0.5) is 0 Å². The first kappa shape index (κ1) is 17.8. The molecule has 1 aliphatic heterocycles. The van der Waals surface area contributed by atoms with Crippen molar-refractivity contribution < 1.29 is 4.79 Å². The van der Waals surface area contributed by atoms with E-state index in [-0.39, 0.29) is 5.92 Å². The number of nitrogens with zero attached hydrogens (tertiary/aromatic N) is 2. The van der Waals surface area contributed by atoms with Gasteiger partial charge in [0.1, 0.15) is 0 Å². The fourth-order valence-electron chi connectivity index (χ4n) is 6.13. The third-order valence-corrected chi connectivity index (χ3v) is 7.69. The summed E-state index contributed by atoms with van der Waals surface area (Å²) in [6, 6.07) is 0.366. The molecule has 142 valence electrons. The molecule has 0 aromatic rings. The average molecular weight is 348 g/mol. The van der Waals surface area contributed by atoms with Gasteiger partial charge in [-0.2, -0.15) is 0 Å². The van der Waals surface area contributed by atoms with Crippen LogP contribution in [0.25, 0.3) is 0 Å². The van der Waals surface area contributed by atoms with E-state index in [2.05, 4.69) is 9.80 Å². The molecule has 0 radical (unpaired) electrons. The minimum atomic E-state index is 0.264. The Morgan fingerprint density at radius 2 is 1.48 bits per heavy atom. The fourth-order valence-corrected chi connectivity index (χ4v) is 6.13. The maximum Gasteiger partial charge on any atom is 0.225 e. The fraction of sp³-hybridized carbons (Fsp3) is 0.952. The number of hydrogen-bond donors (Lipinski definition) is 1. The monoisotopic (exact) mass is 347 g/mol. The molecule has 4 fully saturated rings. The normalized spacial score (nSPS) is 37.9. The summed E-state index contributed by atoms with van der Waals surface area (Å²) in [5, 5.41) is 0. The molecular formula is C21H37N3O. The van der Waals surface area contributed by atoms with Gasteiger partial charge in [0.2, 0.25) is 5.91 Å². The highest BCUT2D eigenvalue weighted by atomic mass is 16.2. The van der Waals surface area contributed by atoms with Crippen LogP contribution in [0.3, 0.4) is 0 Å². The van der Waals surface area contributed by atoms with Crippen LogP contribution in [-0.2, 0) is 4.79 Å². The van der Waals surface area contributed by atoms with Crippen molar-refractivity contribution >= 4 is 5.91 Å². The number of piperazine rings is 1. The molecule has 2 unspecified atom stereocenters. The topological polar surface area (TPSA) is 49.6 Å². The van der Waals surface area contributed by atoms with Gasteiger partial charge < -0.3 is 10.6 Å². The van der Waals surface area contributed by atoms with Crippen molar-refractivity contribution in [3.05, 3.63) is 0 Å². The Morgan fingerprint density at radius 1 is 0.840 bits per heavy atom. The number of hydrogen-bond acceptors (Lipinski definition) is 3. The van der Waals surface area contributed by atoms with Crippen LogP contribution in [0.2, 0.25) is 0 Å². The maximum atomic E-state index is 13.1. The van der Waals surface area contributed by atoms with Gasteiger partial charge >= 0.3 is 0 Å². The summed E-state index contributed by atoms with van der Waals surface area (Å²) in [7, 11) is 0. The Morgan fingerprint density at radius 3 is 2.12 bits per heavy atom. The lowest BCUT2D eigenvalue weighted by Crippen LogP contribution is -2.54. The number of fused-ring (bicyclic) bond motifs is 2. The third kappa shape index (κ3) is 4.05. The predicted octanol–water partition coefficient (Wildman–Crippen LogP) is 2.86. The number of rotatable bonds is 3. The second-order valence-electron chi connectivity index (χ2n) is 9.33. The molecule has 4 heteroatoms. The van der Waals surface area contributed by atoms with Gasteiger partial charge in [0, 0.05) is 44.7 Å². The molecule has 2 atom stereocenters. The molecule has 4 rings (SSSR count). The van der Waals surface area contributed by atoms with Crippen molar-refractivity contribution in [3.8, 4) is 0 Å². The lowest BCUT2D eigenvalue weighted by molar-refractivity contribution is -0.140. The Kier molecular flexibility index (Phi) is 5.66. The second-order valence-corrected chi connectivity index (χ2v) is 9.33. The van der Waals surface area contributed by atoms with E-state index in [4.69, 9.17) is 5.73 Å². The van der Waals surface area contributed by atoms with Crippen LogP contribution in [0.1, 0.15) is 64.2 Å². The minimum Gasteiger partial charge on any atom is -0.340 e. The third-order valence-electron chi connectivity index (χ3n) is 7.69. The summed E-state index contributed by atoms with van der Waals surface area (Å²) >= 11 is 0. The quantitative estimate of drug-likeness (QED) is 0.854. The van der Waals surface area contributed by atoms with Crippen molar-refractivity contribution in [3.63, 3.8) is 0 Å². The van der Waals surface area contributed by atoms with Gasteiger partial charge in [-0.1, -0.05) is 25.7 Å². The first-order chi connectivity index (χ1) is 12.2. The Hall–Kier alpha value is -0.610. The summed E-state index contributed by atoms with van der Waals surface area (Å²) < 4.78 is 0. The van der Waals surface area contributed by atoms with Gasteiger partial charge in [-0.05, 0) is 56.3 Å². The standard InChI is InChI=1S/C21H37N3O/c22-20-17-7-4-8-18(20)14-19(13-17)21(25)24-11-9-23(10-12-24)15-16-5-2-1-3-6-16/h16-20H,1-15,22H2. The molecule has 2 N–H and O–H groups in total. The summed E-state index contributed by atoms with van der Waals surface area (Å²) in [6.07, 6.45) is 13.1. The first-order valence-corrected chi connectivity index (χ1v) is 11.0. The Labute approximate surface area is 153 Å². The molecule has 3 saturated carbocycles. The van der Waals surface area contributed by atoms with Gasteiger partial charge in [-0.15, -0.1) is 0 Å². The van der Waals surface area contributed by atoms with Crippen molar-refractivity contribution in [1.82, 2.24) is 9.80 Å². The molecule has 1 amide bonds. The summed E-state index contributed by atoms with van der Waals surface area (Å²) in [4.78, 5) is 17.8. The van der Waals surface area contributed by atoms with Crippen LogP contribution < -0.4 is 5.73 Å². The molecule has 0 aromatic carbocycles. The zero-order valence-electron chi connectivity index (χ0n) is 15.9. The molecule has 1 saturated heterocycles. The van der Waals surface area contributed by atoms with Crippen molar-refractivity contribution in [2.75, 3.05) is 32.7 Å². The average Bonchev–Trinajstić information content (AvgIpc) is 2.62. The number of carbonyl (C=O) groups excluding carboxylic acids is 1. The Balaban J connectivity index is 1.25. The van der Waals surface area contributed by atoms with Gasteiger partial charge in [-0.25, -0.2) is 0 Å². The smallest absolute Gasteiger partial charge is 0.225 e. The highest BCUT2D eigenvalue weighted by molar-refractivity contribution is 5.79. The van der Waals surface area contributed by atoms with Crippen LogP contribution in [0.5, 0.6) is 0 Å². The predicted molar refractivity (Wildman–Crippen MR) is 101 cm³/mol. The van der Waals surface area contributed by atoms with E-state index in [1.165, 1.54) is 57.9 Å². The zero-order valence-corrected chi connectivity index (χ0v) is 15.9. The van der Waals surface area contributed by atoms with E-state index in [0.29, 0.717) is 23.8 Å². The lowest BCUT2D eigenvalue weighted by atomic mass is 9.65. The molecule has 25 heavy (non-hydrogen) atoms. The molecule has 2 bridgehead atoms. The van der Waals surface area contributed by atoms with E-state index >= 15 is 0 Å². The molecule has 3 aliphatic carbocycles. The number of nitrogens with two attached hydrogens (primary N) is 1. The summed E-state index contributed by atoms with van der Waals surface area (Å²) in [6.45, 7) is 5.33. The van der Waals surface area contributed by atoms with Crippen LogP contribution >= 0.6 is 0 Å². The zero-order chi connectivity index (χ0) is 17.2. The van der Waals surface area contributed by atoms with Crippen molar-refractivity contribution in [2.24, 2.45) is 29.4 Å². The Bertz CT molecular complexity index is 440. The number of carbonyl (C=O) groups is 1. The molecule has 4 nitrogen and oxygen atoms in total. The van der Waals surface area contributed by atoms with Crippen LogP contribution in [-0.4, -0.2) is 54.5 Å². The van der Waals surface area contributed by atoms with E-state index in [1.54, 1.807) is 0 Å². The van der Waals surface area contributed by atoms with E-state index < -0.39 is 0 Å². The maximum absolute atomic E-state index is 13.1. The number of amides is 1. The molecule has 1 heterocycles. The van der Waals surface area contributed by atoms with Gasteiger partial charge in [0.05, 0.1) is 0 Å². The van der Waals surface area contributed by atoms with E-state index in [0.717, 1.165) is 44.9 Å². The van der Waals surface area contributed by atoms with E-state index in [1.807, 2.05) is 0 Å². The van der Waals surface area contributed by atoms with Crippen LogP contribution in [0.15, 0.2) is 0 Å². The molecule has 0 spiro atoms. The lowest BCUT2D eigenvalue weighted by Gasteiger charge is -2.45. The molecular weight excluding hydrogens is 310 g/mol. The van der Waals surface area contributed by atoms with Crippen molar-refractivity contribution in [2.45, 2.75) is 70.3 Å². The highest BCUT2D eigenvalue weighted by Crippen LogP contribution is 2.42. The van der Waals surface area contributed by atoms with Gasteiger partial charge in [0.15, 0.2) is 0 Å². The summed E-state index contributed by atoms with van der Waals surface area (Å²) in [5.74, 6) is 2.83. The highest BCUT2D eigenvalue weighted by Gasteiger charge is 2.41. The molecule has 4 aliphatic rings. The van der Waals surface area contributed by atoms with Gasteiger partial charge in [0.25, 0.3) is 0 Å². The van der Waals surface area contributed by atoms with Crippen LogP contribution in [0, 0.1) is 23.7 Å². The van der Waals surface area contributed by atoms with Crippen molar-refractivity contribution in [1.29, 1.82) is 0 Å². The van der Waals surface area contributed by atoms with E-state index in [9.17, 15) is 4.79 Å². The first-order valence-electron chi connectivity index (χ1n) is 11.0. The summed E-state index contributed by atoms with van der Waals surface area (Å²) in [5.41, 5.74) is 6.40. The molecule has 0 aromatic heterocycles. The SMILES string of the molecule is NC1C2CCCC1CC(C(=O)N1CCN(CC3CCCCC3)CC1)C2.